The number of amides is 1. The van der Waals surface area contributed by atoms with E-state index < -0.39 is 25.5 Å². The van der Waals surface area contributed by atoms with E-state index in [1.807, 2.05) is 69.8 Å². The van der Waals surface area contributed by atoms with E-state index >= 15 is 0 Å². The van der Waals surface area contributed by atoms with Gasteiger partial charge >= 0.3 is 12.1 Å². The summed E-state index contributed by atoms with van der Waals surface area (Å²) in [4.78, 5) is 45.4. The van der Waals surface area contributed by atoms with E-state index in [-0.39, 0.29) is 24.1 Å². The SMILES string of the molecule is COC(=O)c1nc(N(CCCCCN2CCN(C(=O)OC(C)(C)C)CC2)c2cc(C)c(/N=c3\sc4ccccc4n3COCC[Si](C)(C)C)nn2)sc1CCCOc1ccc(C#CCN(C)C)cc1F. The first-order chi connectivity index (χ1) is 33.4. The highest BCUT2D eigenvalue weighted by molar-refractivity contribution is 7.16. The molecule has 1 aliphatic rings. The van der Waals surface area contributed by atoms with Gasteiger partial charge in [0.2, 0.25) is 0 Å². The van der Waals surface area contributed by atoms with Crippen LogP contribution in [0, 0.1) is 24.6 Å². The lowest BCUT2D eigenvalue weighted by Crippen LogP contribution is -2.50. The number of halogens is 1. The minimum Gasteiger partial charge on any atom is -0.491 e. The molecule has 0 unspecified atom stereocenters. The molecule has 0 spiro atoms. The second-order valence-electron chi connectivity index (χ2n) is 19.9. The van der Waals surface area contributed by atoms with Crippen LogP contribution < -0.4 is 14.4 Å². The fraction of sp³-hybridized carbons (Fsp3) is 0.529. The molecule has 1 amide bonds. The second kappa shape index (κ2) is 25.2. The van der Waals surface area contributed by atoms with Gasteiger partial charge in [0.1, 0.15) is 12.3 Å². The average Bonchev–Trinajstić information content (AvgIpc) is 3.89. The van der Waals surface area contributed by atoms with Crippen molar-refractivity contribution in [3.05, 3.63) is 80.8 Å². The molecular formula is C51H70FN9O6S2Si. The Bertz CT molecular complexity index is 2670. The predicted octanol–water partition coefficient (Wildman–Crippen LogP) is 9.51. The van der Waals surface area contributed by atoms with Crippen LogP contribution in [-0.2, 0) is 27.4 Å². The molecule has 19 heteroatoms. The number of esters is 1. The number of para-hydroxylation sites is 1. The number of carbonyl (C=O) groups excluding carboxylic acids is 2. The molecule has 3 aromatic heterocycles. The van der Waals surface area contributed by atoms with Gasteiger partial charge in [-0.05, 0) is 122 Å². The summed E-state index contributed by atoms with van der Waals surface area (Å²) in [5.41, 5.74) is 2.15. The van der Waals surface area contributed by atoms with E-state index in [0.29, 0.717) is 74.7 Å². The Morgan fingerprint density at radius 1 is 0.957 bits per heavy atom. The lowest BCUT2D eigenvalue weighted by atomic mass is 10.2. The van der Waals surface area contributed by atoms with Gasteiger partial charge in [-0.3, -0.25) is 14.4 Å². The van der Waals surface area contributed by atoms with E-state index in [9.17, 15) is 14.0 Å². The standard InChI is InChI=1S/C51H70FN9O6S2Si/c1-37-34-44(55-56-46(37)54-49-61(36-65-32-33-70(8,9)10)40-19-12-13-20-42(40)68-49)60(26-15-11-14-25-58-27-29-59(30-28-58)50(63)67-51(2,3)4)48-53-45(47(62)64-7)43(69-48)21-17-31-66-41-23-22-38(35-39(41)52)18-16-24-57(5)6/h12-13,19-20,22-23,34-35H,11,14-15,17,21,24-33,36H2,1-10H3/b54-49-. The lowest BCUT2D eigenvalue weighted by molar-refractivity contribution is 0.0144. The highest BCUT2D eigenvalue weighted by Gasteiger charge is 2.27. The predicted molar refractivity (Wildman–Crippen MR) is 280 cm³/mol. The molecule has 0 atom stereocenters. The zero-order valence-corrected chi connectivity index (χ0v) is 45.2. The van der Waals surface area contributed by atoms with Crippen molar-refractivity contribution in [2.75, 3.05) is 85.1 Å². The molecular weight excluding hydrogens is 946 g/mol. The fourth-order valence-electron chi connectivity index (χ4n) is 7.42. The van der Waals surface area contributed by atoms with Crippen LogP contribution in [0.15, 0.2) is 53.5 Å². The smallest absolute Gasteiger partial charge is 0.410 e. The van der Waals surface area contributed by atoms with Crippen LogP contribution in [0.1, 0.15) is 72.9 Å². The summed E-state index contributed by atoms with van der Waals surface area (Å²) in [5, 5.41) is 10.0. The largest absolute Gasteiger partial charge is 0.491 e. The van der Waals surface area contributed by atoms with Crippen LogP contribution in [0.3, 0.4) is 0 Å². The highest BCUT2D eigenvalue weighted by atomic mass is 32.1. The highest BCUT2D eigenvalue weighted by Crippen LogP contribution is 2.34. The Kier molecular flexibility index (Phi) is 19.5. The molecule has 0 aliphatic carbocycles. The van der Waals surface area contributed by atoms with Gasteiger partial charge in [0, 0.05) is 57.8 Å². The quantitative estimate of drug-likeness (QED) is 0.0299. The molecule has 1 aliphatic heterocycles. The number of hydrogen-bond donors (Lipinski definition) is 0. The summed E-state index contributed by atoms with van der Waals surface area (Å²) in [6.07, 6.45) is 3.38. The third-order valence-corrected chi connectivity index (χ3v) is 15.2. The van der Waals surface area contributed by atoms with Crippen LogP contribution in [0.2, 0.25) is 25.7 Å². The van der Waals surface area contributed by atoms with Crippen molar-refractivity contribution in [3.63, 3.8) is 0 Å². The Balaban J connectivity index is 1.19. The Morgan fingerprint density at radius 3 is 2.43 bits per heavy atom. The van der Waals surface area contributed by atoms with Gasteiger partial charge < -0.3 is 28.7 Å². The van der Waals surface area contributed by atoms with Crippen LogP contribution in [0.4, 0.5) is 26.0 Å². The number of ether oxygens (including phenoxy) is 4. The van der Waals surface area contributed by atoms with Crippen molar-refractivity contribution < 1.29 is 32.9 Å². The third kappa shape index (κ3) is 16.2. The number of unbranched alkanes of at least 4 members (excludes halogenated alkanes) is 2. The molecule has 0 saturated carbocycles. The number of fused-ring (bicyclic) bond motifs is 1. The molecule has 5 aromatic rings. The maximum Gasteiger partial charge on any atom is 0.410 e. The molecule has 15 nitrogen and oxygen atoms in total. The number of nitrogens with zero attached hydrogens (tertiary/aromatic N) is 9. The molecule has 2 aromatic carbocycles. The van der Waals surface area contributed by atoms with Gasteiger partial charge in [-0.15, -0.1) is 21.5 Å². The number of methoxy groups -OCH3 is 1. The number of aryl methyl sites for hydroxylation is 2. The number of thiazole rings is 2. The summed E-state index contributed by atoms with van der Waals surface area (Å²) in [6.45, 7) is 20.9. The zero-order valence-electron chi connectivity index (χ0n) is 42.6. The molecule has 4 heterocycles. The Morgan fingerprint density at radius 2 is 1.73 bits per heavy atom. The van der Waals surface area contributed by atoms with Crippen molar-refractivity contribution in [2.24, 2.45) is 4.99 Å². The molecule has 1 saturated heterocycles. The van der Waals surface area contributed by atoms with Crippen LogP contribution in [-0.4, -0.2) is 140 Å². The number of aromatic nitrogens is 4. The summed E-state index contributed by atoms with van der Waals surface area (Å²) in [6, 6.07) is 16.0. The second-order valence-corrected chi connectivity index (χ2v) is 27.6. The summed E-state index contributed by atoms with van der Waals surface area (Å²) >= 11 is 2.98. The topological polar surface area (TPSA) is 140 Å². The van der Waals surface area contributed by atoms with Gasteiger partial charge in [-0.25, -0.2) is 19.0 Å². The van der Waals surface area contributed by atoms with Crippen molar-refractivity contribution in [1.29, 1.82) is 0 Å². The van der Waals surface area contributed by atoms with E-state index in [2.05, 4.69) is 53.1 Å². The number of piperazine rings is 1. The number of rotatable bonds is 21. The Hall–Kier alpha value is -5.23. The van der Waals surface area contributed by atoms with E-state index in [1.165, 1.54) is 24.5 Å². The third-order valence-electron chi connectivity index (χ3n) is 11.3. The normalized spacial score (nSPS) is 13.7. The number of hydrogen-bond acceptors (Lipinski definition) is 15. The minimum atomic E-state index is -1.26. The van der Waals surface area contributed by atoms with Crippen molar-refractivity contribution in [2.45, 2.75) is 97.8 Å². The monoisotopic (exact) mass is 1020 g/mol. The van der Waals surface area contributed by atoms with E-state index in [0.717, 1.165) is 70.4 Å². The van der Waals surface area contributed by atoms with Crippen molar-refractivity contribution in [3.8, 4) is 17.6 Å². The van der Waals surface area contributed by atoms with Gasteiger partial charge in [0.25, 0.3) is 0 Å². The average molecular weight is 1020 g/mol. The molecule has 6 rings (SSSR count). The summed E-state index contributed by atoms with van der Waals surface area (Å²) in [7, 11) is 3.93. The summed E-state index contributed by atoms with van der Waals surface area (Å²) in [5.74, 6) is 6.19. The number of carbonyl (C=O) groups is 2. The number of anilines is 2. The minimum absolute atomic E-state index is 0.141. The van der Waals surface area contributed by atoms with Gasteiger partial charge in [0.05, 0.1) is 30.5 Å². The van der Waals surface area contributed by atoms with Gasteiger partial charge in [-0.1, -0.05) is 61.4 Å². The van der Waals surface area contributed by atoms with Gasteiger partial charge in [0.15, 0.2) is 38.8 Å². The van der Waals surface area contributed by atoms with E-state index in [1.54, 1.807) is 28.4 Å². The zero-order chi connectivity index (χ0) is 50.4. The maximum atomic E-state index is 15.0. The fourth-order valence-corrected chi connectivity index (χ4v) is 10.3. The van der Waals surface area contributed by atoms with Crippen LogP contribution in [0.5, 0.6) is 5.75 Å². The molecule has 0 bridgehead atoms. The first-order valence-electron chi connectivity index (χ1n) is 24.0. The maximum absolute atomic E-state index is 15.0. The van der Waals surface area contributed by atoms with Gasteiger partial charge in [-0.2, -0.15) is 4.99 Å². The van der Waals surface area contributed by atoms with Crippen LogP contribution in [0.25, 0.3) is 10.2 Å². The van der Waals surface area contributed by atoms with Crippen molar-refractivity contribution in [1.82, 2.24) is 34.4 Å². The molecule has 70 heavy (non-hydrogen) atoms. The first kappa shape index (κ1) is 54.1. The summed E-state index contributed by atoms with van der Waals surface area (Å²) < 4.78 is 41.0. The molecule has 0 radical (unpaired) electrons. The molecule has 0 N–H and O–H groups in total. The van der Waals surface area contributed by atoms with Crippen LogP contribution >= 0.6 is 22.7 Å². The first-order valence-corrected chi connectivity index (χ1v) is 29.4. The molecule has 1 fully saturated rings. The molecule has 378 valence electrons. The Labute approximate surface area is 421 Å². The number of benzene rings is 2. The van der Waals surface area contributed by atoms with Crippen molar-refractivity contribution >= 4 is 69.8 Å². The van der Waals surface area contributed by atoms with E-state index in [4.69, 9.17) is 39.1 Å². The lowest BCUT2D eigenvalue weighted by Gasteiger charge is -2.35.